The lowest BCUT2D eigenvalue weighted by Gasteiger charge is -2.11. The highest BCUT2D eigenvalue weighted by Crippen LogP contribution is 2.19. The van der Waals surface area contributed by atoms with E-state index in [1.807, 2.05) is 36.5 Å². The summed E-state index contributed by atoms with van der Waals surface area (Å²) in [6, 6.07) is 0. The molecule has 0 spiro atoms. The number of aliphatic carboxylic acids is 2. The zero-order chi connectivity index (χ0) is 32.4. The van der Waals surface area contributed by atoms with E-state index in [0.717, 1.165) is 38.5 Å². The molecular weight excluding hydrogens is 544 g/mol. The Morgan fingerprint density at radius 1 is 0.523 bits per heavy atom. The van der Waals surface area contributed by atoms with Crippen LogP contribution in [-0.4, -0.2) is 22.2 Å². The minimum atomic E-state index is -1.21. The second-order valence-electron chi connectivity index (χ2n) is 10.6. The number of hydrogen-bond acceptors (Lipinski definition) is 2. The molecular formula is C40H58O4. The van der Waals surface area contributed by atoms with Crippen LogP contribution >= 0.6 is 0 Å². The Kier molecular flexibility index (Phi) is 29.6. The number of carboxylic acid groups (broad SMARTS) is 2. The molecule has 0 saturated carbocycles. The van der Waals surface area contributed by atoms with E-state index in [9.17, 15) is 19.8 Å². The molecule has 0 aromatic carbocycles. The van der Waals surface area contributed by atoms with Gasteiger partial charge in [-0.15, -0.1) is 0 Å². The van der Waals surface area contributed by atoms with Crippen molar-refractivity contribution in [2.75, 3.05) is 0 Å². The lowest BCUT2D eigenvalue weighted by molar-refractivity contribution is -0.144. The van der Waals surface area contributed by atoms with E-state index in [4.69, 9.17) is 0 Å². The van der Waals surface area contributed by atoms with Gasteiger partial charge in [0.15, 0.2) is 0 Å². The zero-order valence-corrected chi connectivity index (χ0v) is 27.4. The first-order valence-corrected chi connectivity index (χ1v) is 16.6. The van der Waals surface area contributed by atoms with Crippen LogP contribution in [0.15, 0.2) is 121 Å². The number of carbonyl (C=O) groups is 2. The van der Waals surface area contributed by atoms with E-state index in [1.165, 1.54) is 51.0 Å². The van der Waals surface area contributed by atoms with E-state index in [2.05, 4.69) is 68.5 Å². The van der Waals surface area contributed by atoms with Crippen molar-refractivity contribution in [3.8, 4) is 0 Å². The Hall–Kier alpha value is -3.66. The van der Waals surface area contributed by atoms with Crippen LogP contribution in [0.3, 0.4) is 0 Å². The molecule has 1 atom stereocenters. The maximum atomic E-state index is 11.8. The number of hydrogen-bond donors (Lipinski definition) is 2. The Morgan fingerprint density at radius 2 is 1.00 bits per heavy atom. The molecule has 4 heteroatoms. The highest BCUT2D eigenvalue weighted by Gasteiger charge is 2.26. The topological polar surface area (TPSA) is 74.6 Å². The summed E-state index contributed by atoms with van der Waals surface area (Å²) < 4.78 is 0. The summed E-state index contributed by atoms with van der Waals surface area (Å²) in [5, 5.41) is 19.3. The van der Waals surface area contributed by atoms with E-state index >= 15 is 0 Å². The molecule has 2 N–H and O–H groups in total. The molecule has 4 nitrogen and oxygen atoms in total. The molecule has 0 heterocycles. The van der Waals surface area contributed by atoms with Gasteiger partial charge in [0.1, 0.15) is 0 Å². The van der Waals surface area contributed by atoms with Gasteiger partial charge in [-0.2, -0.15) is 0 Å². The van der Waals surface area contributed by atoms with Gasteiger partial charge >= 0.3 is 11.9 Å². The molecule has 0 aliphatic rings. The molecule has 0 amide bonds. The molecule has 0 bridgehead atoms. The zero-order valence-electron chi connectivity index (χ0n) is 27.4. The molecule has 0 aliphatic heterocycles. The minimum Gasteiger partial charge on any atom is -0.481 e. The molecule has 44 heavy (non-hydrogen) atoms. The second kappa shape index (κ2) is 32.3. The average molecular weight is 603 g/mol. The van der Waals surface area contributed by atoms with E-state index in [1.54, 1.807) is 18.2 Å². The summed E-state index contributed by atoms with van der Waals surface area (Å²) >= 11 is 0. The maximum absolute atomic E-state index is 11.8. The number of unbranched alkanes of at least 4 members (excludes halogenated alkanes) is 7. The van der Waals surface area contributed by atoms with Crippen molar-refractivity contribution in [3.63, 3.8) is 0 Å². The van der Waals surface area contributed by atoms with Crippen molar-refractivity contribution < 1.29 is 19.8 Å². The third-order valence-electron chi connectivity index (χ3n) is 6.75. The first-order chi connectivity index (χ1) is 21.5. The molecule has 0 aliphatic carbocycles. The first-order valence-electron chi connectivity index (χ1n) is 16.6. The normalized spacial score (nSPS) is 14.2. The molecule has 0 radical (unpaired) electrons. The molecule has 0 aromatic heterocycles. The van der Waals surface area contributed by atoms with Crippen molar-refractivity contribution in [2.24, 2.45) is 5.92 Å². The van der Waals surface area contributed by atoms with Crippen LogP contribution in [-0.2, 0) is 9.59 Å². The summed E-state index contributed by atoms with van der Waals surface area (Å²) in [5.74, 6) is -3.40. The lowest BCUT2D eigenvalue weighted by Crippen LogP contribution is -2.21. The highest BCUT2D eigenvalue weighted by atomic mass is 16.4. The van der Waals surface area contributed by atoms with Gasteiger partial charge in [-0.25, -0.2) is 4.79 Å². The van der Waals surface area contributed by atoms with Gasteiger partial charge in [-0.3, -0.25) is 4.79 Å². The molecule has 0 saturated heterocycles. The monoisotopic (exact) mass is 602 g/mol. The Labute approximate surface area is 268 Å². The second-order valence-corrected chi connectivity index (χ2v) is 10.6. The van der Waals surface area contributed by atoms with Gasteiger partial charge < -0.3 is 10.2 Å². The van der Waals surface area contributed by atoms with Gasteiger partial charge in [0.2, 0.25) is 0 Å². The number of carboxylic acids is 2. The predicted octanol–water partition coefficient (Wildman–Crippen LogP) is 11.6. The molecule has 1 unspecified atom stereocenters. The van der Waals surface area contributed by atoms with E-state index in [0.29, 0.717) is 6.42 Å². The molecule has 0 aromatic rings. The summed E-state index contributed by atoms with van der Waals surface area (Å²) in [7, 11) is 0. The third-order valence-corrected chi connectivity index (χ3v) is 6.75. The first kappa shape index (κ1) is 40.3. The van der Waals surface area contributed by atoms with E-state index in [-0.39, 0.29) is 12.0 Å². The maximum Gasteiger partial charge on any atom is 0.332 e. The standard InChI is InChI=1S/C40H58O4/c1-3-5-7-9-11-13-15-17-19-21-23-25-27-29-31-33-35-37(39(41)42)38(40(43)44)36-34-32-30-28-26-24-22-20-18-16-14-12-10-8-6-4-2/h5,7,11,13,17,19-20,22-26,28-32,34,36-37H,3-4,6,8-10,12,14-16,18,21,27,33,35H2,1-2H3,(H,41,42)(H,43,44)/b7-5-,13-11-,19-17-,22-20+,25-23-,26-24+,30-28+,31-29-,34-32+,38-36-. The summed E-state index contributed by atoms with van der Waals surface area (Å²) in [5.41, 5.74) is -0.113. The largest absolute Gasteiger partial charge is 0.481 e. The third kappa shape index (κ3) is 27.2. The Bertz CT molecular complexity index is 1030. The Balaban J connectivity index is 4.43. The van der Waals surface area contributed by atoms with Crippen LogP contribution in [0.25, 0.3) is 0 Å². The van der Waals surface area contributed by atoms with Gasteiger partial charge in [-0.1, -0.05) is 168 Å². The summed E-state index contributed by atoms with van der Waals surface area (Å²) in [4.78, 5) is 23.6. The van der Waals surface area contributed by atoms with Crippen molar-refractivity contribution in [2.45, 2.75) is 110 Å². The van der Waals surface area contributed by atoms with Crippen LogP contribution in [0.1, 0.15) is 110 Å². The fraction of sp³-hybridized carbons (Fsp3) is 0.450. The number of rotatable bonds is 27. The predicted molar refractivity (Wildman–Crippen MR) is 190 cm³/mol. The van der Waals surface area contributed by atoms with Crippen molar-refractivity contribution in [1.29, 1.82) is 0 Å². The van der Waals surface area contributed by atoms with Crippen LogP contribution < -0.4 is 0 Å². The fourth-order valence-electron chi connectivity index (χ4n) is 4.25. The average Bonchev–Trinajstić information content (AvgIpc) is 3.00. The lowest BCUT2D eigenvalue weighted by atomic mass is 9.93. The van der Waals surface area contributed by atoms with Crippen LogP contribution in [0.5, 0.6) is 0 Å². The Morgan fingerprint density at radius 3 is 1.52 bits per heavy atom. The van der Waals surface area contributed by atoms with Crippen LogP contribution in [0.2, 0.25) is 0 Å². The van der Waals surface area contributed by atoms with Crippen molar-refractivity contribution >= 4 is 11.9 Å². The van der Waals surface area contributed by atoms with Crippen LogP contribution in [0, 0.1) is 5.92 Å². The van der Waals surface area contributed by atoms with Gasteiger partial charge in [0.25, 0.3) is 0 Å². The van der Waals surface area contributed by atoms with Crippen LogP contribution in [0.4, 0.5) is 0 Å². The summed E-state index contributed by atoms with van der Waals surface area (Å²) in [6.45, 7) is 4.37. The van der Waals surface area contributed by atoms with Crippen molar-refractivity contribution in [3.05, 3.63) is 121 Å². The quantitative estimate of drug-likeness (QED) is 0.0424. The summed E-state index contributed by atoms with van der Waals surface area (Å²) in [6.07, 6.45) is 53.1. The smallest absolute Gasteiger partial charge is 0.332 e. The molecule has 0 fully saturated rings. The van der Waals surface area contributed by atoms with Gasteiger partial charge in [0, 0.05) is 0 Å². The SMILES string of the molecule is CC/C=C\C/C=C\C/C=C\C/C=C\C/C=C\CCC(C(=O)O)/C(=C/C=C/C=C/C=C/C=C/CCCCCCCCC)C(=O)O. The number of allylic oxidation sites excluding steroid dienone is 19. The minimum absolute atomic E-state index is 0.113. The highest BCUT2D eigenvalue weighted by molar-refractivity contribution is 5.94. The fourth-order valence-corrected chi connectivity index (χ4v) is 4.25. The van der Waals surface area contributed by atoms with Crippen molar-refractivity contribution in [1.82, 2.24) is 0 Å². The molecule has 242 valence electrons. The van der Waals surface area contributed by atoms with Gasteiger partial charge in [0.05, 0.1) is 11.5 Å². The van der Waals surface area contributed by atoms with E-state index < -0.39 is 17.9 Å². The van der Waals surface area contributed by atoms with Gasteiger partial charge in [-0.05, 0) is 57.8 Å². The molecule has 0 rings (SSSR count).